The van der Waals surface area contributed by atoms with Gasteiger partial charge in [-0.25, -0.2) is 9.78 Å². The fraction of sp³-hybridized carbons (Fsp3) is 0.321. The maximum Gasteiger partial charge on any atom is 0.321 e. The predicted octanol–water partition coefficient (Wildman–Crippen LogP) is 2.12. The Morgan fingerprint density at radius 1 is 0.929 bits per heavy atom. The van der Waals surface area contributed by atoms with Crippen molar-refractivity contribution in [3.05, 3.63) is 77.1 Å². The first-order chi connectivity index (χ1) is 20.0. The molecule has 1 aromatic carbocycles. The average molecular weight is 596 g/mol. The molecule has 0 bridgehead atoms. The molecule has 0 unspecified atom stereocenters. The minimum absolute atomic E-state index is 0.00966. The highest BCUT2D eigenvalue weighted by Crippen LogP contribution is 2.15. The topological polar surface area (TPSA) is 181 Å². The Morgan fingerprint density at radius 2 is 1.67 bits per heavy atom. The zero-order chi connectivity index (χ0) is 30.5. The Kier molecular flexibility index (Phi) is 11.5. The largest absolute Gasteiger partial charge is 0.460 e. The van der Waals surface area contributed by atoms with Gasteiger partial charge in [-0.05, 0) is 38.5 Å². The number of thiazole rings is 1. The zero-order valence-electron chi connectivity index (χ0n) is 23.4. The van der Waals surface area contributed by atoms with Crippen LogP contribution in [0, 0.1) is 0 Å². The van der Waals surface area contributed by atoms with Gasteiger partial charge in [0, 0.05) is 18.1 Å². The van der Waals surface area contributed by atoms with Crippen LogP contribution in [-0.4, -0.2) is 57.9 Å². The van der Waals surface area contributed by atoms with E-state index in [1.54, 1.807) is 45.2 Å². The highest BCUT2D eigenvalue weighted by molar-refractivity contribution is 7.14. The van der Waals surface area contributed by atoms with E-state index in [4.69, 9.17) is 4.74 Å². The van der Waals surface area contributed by atoms with Crippen molar-refractivity contribution in [2.24, 2.45) is 0 Å². The molecule has 13 nitrogen and oxygen atoms in total. The number of carbonyl (C=O) groups is 5. The SMILES string of the molecule is CC(C)(C)OC(=O)C[C@H](NC(=O)CNC(=O)c1csc(NC(=O)NCc2ccccc2)n1)C(=O)NCc1ccccn1. The summed E-state index contributed by atoms with van der Waals surface area (Å²) in [5.74, 6) is -2.67. The number of amides is 5. The van der Waals surface area contributed by atoms with Crippen LogP contribution in [0.1, 0.15) is 48.9 Å². The summed E-state index contributed by atoms with van der Waals surface area (Å²) in [5, 5.41) is 14.4. The molecule has 222 valence electrons. The molecule has 3 rings (SSSR count). The van der Waals surface area contributed by atoms with Gasteiger partial charge in [0.05, 0.1) is 25.2 Å². The number of urea groups is 1. The molecule has 0 aliphatic carbocycles. The molecule has 0 fully saturated rings. The van der Waals surface area contributed by atoms with Crippen molar-refractivity contribution in [2.75, 3.05) is 11.9 Å². The summed E-state index contributed by atoms with van der Waals surface area (Å²) in [6, 6.07) is 12.8. The molecule has 2 aromatic heterocycles. The zero-order valence-corrected chi connectivity index (χ0v) is 24.2. The van der Waals surface area contributed by atoms with Crippen molar-refractivity contribution in [2.45, 2.75) is 51.9 Å². The molecule has 0 aliphatic rings. The quantitative estimate of drug-likeness (QED) is 0.197. The monoisotopic (exact) mass is 595 g/mol. The van der Waals surface area contributed by atoms with Crippen LogP contribution < -0.4 is 26.6 Å². The molecule has 0 saturated heterocycles. The predicted molar refractivity (Wildman–Crippen MR) is 155 cm³/mol. The first kappa shape index (κ1) is 31.7. The molecular formula is C28H33N7O6S. The molecule has 1 atom stereocenters. The van der Waals surface area contributed by atoms with E-state index in [9.17, 15) is 24.0 Å². The van der Waals surface area contributed by atoms with Crippen LogP contribution >= 0.6 is 11.3 Å². The third-order valence-electron chi connectivity index (χ3n) is 5.28. The fourth-order valence-corrected chi connectivity index (χ4v) is 4.10. The van der Waals surface area contributed by atoms with E-state index in [1.165, 1.54) is 5.38 Å². The third-order valence-corrected chi connectivity index (χ3v) is 6.03. The van der Waals surface area contributed by atoms with Crippen LogP contribution in [0.5, 0.6) is 0 Å². The van der Waals surface area contributed by atoms with E-state index in [0.717, 1.165) is 16.9 Å². The Balaban J connectivity index is 1.50. The number of hydrogen-bond donors (Lipinski definition) is 5. The standard InChI is InChI=1S/C28H33N7O6S/c1-28(2,3)41-23(37)13-20(24(38)30-15-19-11-7-8-12-29-19)33-22(36)16-31-25(39)21-17-42-27(34-21)35-26(40)32-14-18-9-5-4-6-10-18/h4-12,17,20H,13-16H2,1-3H3,(H,30,38)(H,31,39)(H,33,36)(H2,32,34,35,40)/t20-/m0/s1. The highest BCUT2D eigenvalue weighted by Gasteiger charge is 2.27. The lowest BCUT2D eigenvalue weighted by Crippen LogP contribution is -2.50. The van der Waals surface area contributed by atoms with Crippen LogP contribution in [0.2, 0.25) is 0 Å². The molecule has 5 N–H and O–H groups in total. The minimum Gasteiger partial charge on any atom is -0.460 e. The van der Waals surface area contributed by atoms with Gasteiger partial charge in [0.2, 0.25) is 11.8 Å². The summed E-state index contributed by atoms with van der Waals surface area (Å²) in [6.45, 7) is 4.97. The molecule has 3 aromatic rings. The van der Waals surface area contributed by atoms with Gasteiger partial charge in [-0.15, -0.1) is 11.3 Å². The van der Waals surface area contributed by atoms with Gasteiger partial charge in [0.25, 0.3) is 5.91 Å². The van der Waals surface area contributed by atoms with E-state index in [1.807, 2.05) is 30.3 Å². The van der Waals surface area contributed by atoms with Crippen LogP contribution in [0.3, 0.4) is 0 Å². The summed E-state index contributed by atoms with van der Waals surface area (Å²) in [7, 11) is 0. The lowest BCUT2D eigenvalue weighted by Gasteiger charge is -2.22. The number of aromatic nitrogens is 2. The molecule has 0 spiro atoms. The maximum absolute atomic E-state index is 12.8. The number of anilines is 1. The number of nitrogens with one attached hydrogen (secondary N) is 5. The van der Waals surface area contributed by atoms with Gasteiger partial charge in [0.15, 0.2) is 5.13 Å². The Hall–Kier alpha value is -4.85. The molecule has 14 heteroatoms. The highest BCUT2D eigenvalue weighted by atomic mass is 32.1. The van der Waals surface area contributed by atoms with E-state index < -0.39 is 54.3 Å². The molecule has 0 aliphatic heterocycles. The van der Waals surface area contributed by atoms with Crippen LogP contribution in [0.15, 0.2) is 60.1 Å². The second-order valence-corrected chi connectivity index (χ2v) is 10.8. The van der Waals surface area contributed by atoms with Gasteiger partial charge >= 0.3 is 12.0 Å². The van der Waals surface area contributed by atoms with Crippen molar-refractivity contribution in [1.82, 2.24) is 31.2 Å². The maximum atomic E-state index is 12.8. The first-order valence-corrected chi connectivity index (χ1v) is 13.9. The lowest BCUT2D eigenvalue weighted by atomic mass is 10.1. The molecule has 2 heterocycles. The van der Waals surface area contributed by atoms with Gasteiger partial charge < -0.3 is 26.0 Å². The van der Waals surface area contributed by atoms with Crippen molar-refractivity contribution in [3.63, 3.8) is 0 Å². The van der Waals surface area contributed by atoms with E-state index in [-0.39, 0.29) is 17.4 Å². The van der Waals surface area contributed by atoms with Crippen molar-refractivity contribution < 1.29 is 28.7 Å². The van der Waals surface area contributed by atoms with E-state index >= 15 is 0 Å². The Bertz CT molecular complexity index is 1380. The summed E-state index contributed by atoms with van der Waals surface area (Å²) in [5.41, 5.74) is 0.716. The molecule has 5 amide bonds. The van der Waals surface area contributed by atoms with Crippen LogP contribution in [0.25, 0.3) is 0 Å². The second-order valence-electron chi connectivity index (χ2n) is 9.96. The normalized spacial score (nSPS) is 11.5. The number of esters is 1. The number of benzene rings is 1. The number of hydrogen-bond acceptors (Lipinski definition) is 9. The first-order valence-electron chi connectivity index (χ1n) is 13.0. The smallest absolute Gasteiger partial charge is 0.321 e. The van der Waals surface area contributed by atoms with Gasteiger partial charge in [0.1, 0.15) is 17.3 Å². The van der Waals surface area contributed by atoms with E-state index in [0.29, 0.717) is 12.2 Å². The van der Waals surface area contributed by atoms with Gasteiger partial charge in [-0.2, -0.15) is 0 Å². The number of ether oxygens (including phenoxy) is 1. The fourth-order valence-electron chi connectivity index (χ4n) is 3.41. The van der Waals surface area contributed by atoms with Gasteiger partial charge in [-0.3, -0.25) is 29.5 Å². The molecule has 0 radical (unpaired) electrons. The molecule has 42 heavy (non-hydrogen) atoms. The lowest BCUT2D eigenvalue weighted by molar-refractivity contribution is -0.156. The summed E-state index contributed by atoms with van der Waals surface area (Å²) < 4.78 is 5.29. The van der Waals surface area contributed by atoms with Gasteiger partial charge in [-0.1, -0.05) is 36.4 Å². The molecular weight excluding hydrogens is 562 g/mol. The third kappa shape index (κ3) is 11.3. The Morgan fingerprint density at radius 3 is 2.36 bits per heavy atom. The van der Waals surface area contributed by atoms with Crippen LogP contribution in [-0.2, 0) is 32.2 Å². The summed E-state index contributed by atoms with van der Waals surface area (Å²) in [4.78, 5) is 70.7. The Labute approximate surface area is 246 Å². The molecule has 0 saturated carbocycles. The average Bonchev–Trinajstić information content (AvgIpc) is 3.41. The number of nitrogens with zero attached hydrogens (tertiary/aromatic N) is 2. The van der Waals surface area contributed by atoms with Crippen molar-refractivity contribution in [3.8, 4) is 0 Å². The number of pyridine rings is 1. The van der Waals surface area contributed by atoms with Crippen molar-refractivity contribution in [1.29, 1.82) is 0 Å². The summed E-state index contributed by atoms with van der Waals surface area (Å²) >= 11 is 1.04. The second kappa shape index (κ2) is 15.2. The summed E-state index contributed by atoms with van der Waals surface area (Å²) in [6.07, 6.45) is 1.16. The number of rotatable bonds is 12. The van der Waals surface area contributed by atoms with Crippen molar-refractivity contribution >= 4 is 46.2 Å². The number of carbonyl (C=O) groups excluding carboxylic acids is 5. The van der Waals surface area contributed by atoms with Crippen LogP contribution in [0.4, 0.5) is 9.93 Å². The van der Waals surface area contributed by atoms with E-state index in [2.05, 4.69) is 36.6 Å². The minimum atomic E-state index is -1.25.